The fraction of sp³-hybridized carbons (Fsp3) is 0.833. The molecule has 1 spiro atoms. The summed E-state index contributed by atoms with van der Waals surface area (Å²) in [6.07, 6.45) is 8.26. The van der Waals surface area contributed by atoms with Gasteiger partial charge in [0.25, 0.3) is 0 Å². The summed E-state index contributed by atoms with van der Waals surface area (Å²) in [7, 11) is -1.40. The molecule has 1 atom stereocenters. The van der Waals surface area contributed by atoms with Crippen LogP contribution in [0.4, 0.5) is 0 Å². The minimum atomic E-state index is -3.28. The Morgan fingerprint density at radius 1 is 1.19 bits per heavy atom. The van der Waals surface area contributed by atoms with Crippen LogP contribution in [0.2, 0.25) is 0 Å². The fourth-order valence-electron chi connectivity index (χ4n) is 5.24. The van der Waals surface area contributed by atoms with E-state index in [0.29, 0.717) is 26.2 Å². The van der Waals surface area contributed by atoms with Crippen molar-refractivity contribution in [1.29, 1.82) is 0 Å². The maximum absolute atomic E-state index is 13.1. The summed E-state index contributed by atoms with van der Waals surface area (Å²) in [6, 6.07) is 0. The summed E-state index contributed by atoms with van der Waals surface area (Å²) in [5, 5.41) is 8.23. The molecule has 1 amide bonds. The minimum Gasteiger partial charge on any atom is -0.341 e. The number of hydrogen-bond donors (Lipinski definition) is 0. The Morgan fingerprint density at radius 2 is 1.85 bits per heavy atom. The zero-order valence-corrected chi connectivity index (χ0v) is 17.2. The second kappa shape index (κ2) is 6.27. The van der Waals surface area contributed by atoms with E-state index in [1.807, 2.05) is 16.5 Å². The summed E-state index contributed by atoms with van der Waals surface area (Å²) >= 11 is 0. The van der Waals surface area contributed by atoms with Crippen molar-refractivity contribution in [1.82, 2.24) is 24.0 Å². The van der Waals surface area contributed by atoms with Crippen LogP contribution in [0.3, 0.4) is 0 Å². The van der Waals surface area contributed by atoms with Gasteiger partial charge in [-0.1, -0.05) is 26.2 Å². The van der Waals surface area contributed by atoms with E-state index in [9.17, 15) is 13.2 Å². The van der Waals surface area contributed by atoms with Gasteiger partial charge in [-0.3, -0.25) is 4.79 Å². The Balaban J connectivity index is 1.56. The smallest absolute Gasteiger partial charge is 0.228 e. The number of hydrogen-bond acceptors (Lipinski definition) is 5. The highest BCUT2D eigenvalue weighted by molar-refractivity contribution is 7.88. The van der Waals surface area contributed by atoms with Crippen LogP contribution in [0.25, 0.3) is 0 Å². The Kier molecular flexibility index (Phi) is 4.38. The molecule has 1 unspecified atom stereocenters. The average molecular weight is 396 g/mol. The quantitative estimate of drug-likeness (QED) is 0.761. The highest BCUT2D eigenvalue weighted by Crippen LogP contribution is 2.51. The Labute approximate surface area is 161 Å². The lowest BCUT2D eigenvalue weighted by Gasteiger charge is -2.53. The number of rotatable bonds is 3. The maximum Gasteiger partial charge on any atom is 0.228 e. The largest absolute Gasteiger partial charge is 0.341 e. The fourth-order valence-corrected chi connectivity index (χ4v) is 6.16. The van der Waals surface area contributed by atoms with E-state index in [-0.39, 0.29) is 22.7 Å². The van der Waals surface area contributed by atoms with Gasteiger partial charge in [0.15, 0.2) is 0 Å². The topological polar surface area (TPSA) is 88.4 Å². The first-order valence-electron chi connectivity index (χ1n) is 9.73. The van der Waals surface area contributed by atoms with Crippen LogP contribution < -0.4 is 0 Å². The first-order chi connectivity index (χ1) is 12.6. The molecule has 0 bridgehead atoms. The van der Waals surface area contributed by atoms with Crippen LogP contribution in [0, 0.1) is 10.8 Å². The monoisotopic (exact) mass is 395 g/mol. The van der Waals surface area contributed by atoms with Crippen LogP contribution in [0.15, 0.2) is 6.33 Å². The van der Waals surface area contributed by atoms with Crippen molar-refractivity contribution in [3.63, 3.8) is 0 Å². The third-order valence-electron chi connectivity index (χ3n) is 6.92. The lowest BCUT2D eigenvalue weighted by Crippen LogP contribution is -2.64. The lowest BCUT2D eigenvalue weighted by molar-refractivity contribution is -0.155. The average Bonchev–Trinajstić information content (AvgIpc) is 3.16. The van der Waals surface area contributed by atoms with E-state index in [1.165, 1.54) is 17.0 Å². The standard InChI is InChI=1S/C18H29N5O3S/c1-17(7-5-4-6-8-17)16(24)22-10-18(11-22)12-23(27(3,25)26)9-14(18)15-20-19-13-21(15)2/h13-14H,4-12H2,1-3H3. The SMILES string of the molecule is Cn1cnnc1C1CN(S(C)(=O)=O)CC12CN(C(=O)C1(C)CCCCC1)C2. The Hall–Kier alpha value is -1.48. The third-order valence-corrected chi connectivity index (χ3v) is 8.13. The molecule has 0 aromatic carbocycles. The van der Waals surface area contributed by atoms with Crippen molar-refractivity contribution in [3.05, 3.63) is 12.2 Å². The van der Waals surface area contributed by atoms with E-state index in [0.717, 1.165) is 31.5 Å². The molecule has 9 heteroatoms. The normalized spacial score (nSPS) is 27.7. The van der Waals surface area contributed by atoms with Gasteiger partial charge in [0.05, 0.1) is 6.26 Å². The minimum absolute atomic E-state index is 0.0389. The van der Waals surface area contributed by atoms with Crippen molar-refractivity contribution in [3.8, 4) is 0 Å². The summed E-state index contributed by atoms with van der Waals surface area (Å²) in [5.41, 5.74) is -0.514. The number of amides is 1. The number of aromatic nitrogens is 3. The van der Waals surface area contributed by atoms with E-state index in [4.69, 9.17) is 0 Å². The van der Waals surface area contributed by atoms with Gasteiger partial charge in [0.1, 0.15) is 12.2 Å². The molecule has 1 saturated carbocycles. The summed E-state index contributed by atoms with van der Waals surface area (Å²) < 4.78 is 27.8. The van der Waals surface area contributed by atoms with Gasteiger partial charge in [-0.2, -0.15) is 0 Å². The molecule has 1 aromatic rings. The van der Waals surface area contributed by atoms with E-state index in [1.54, 1.807) is 6.33 Å². The molecule has 1 aromatic heterocycles. The van der Waals surface area contributed by atoms with E-state index in [2.05, 4.69) is 17.1 Å². The molecule has 0 radical (unpaired) electrons. The molecule has 0 N–H and O–H groups in total. The molecule has 1 aliphatic carbocycles. The molecule has 2 aliphatic heterocycles. The van der Waals surface area contributed by atoms with Gasteiger partial charge in [-0.05, 0) is 12.8 Å². The van der Waals surface area contributed by atoms with Crippen LogP contribution in [-0.4, -0.2) is 70.7 Å². The van der Waals surface area contributed by atoms with Gasteiger partial charge < -0.3 is 9.47 Å². The molecule has 3 aliphatic rings. The predicted molar refractivity (Wildman–Crippen MR) is 100 cm³/mol. The number of aryl methyl sites for hydroxylation is 1. The van der Waals surface area contributed by atoms with Crippen LogP contribution in [0.1, 0.15) is 50.8 Å². The number of sulfonamides is 1. The van der Waals surface area contributed by atoms with Crippen molar-refractivity contribution in [2.45, 2.75) is 44.9 Å². The van der Waals surface area contributed by atoms with Crippen molar-refractivity contribution in [2.75, 3.05) is 32.4 Å². The van der Waals surface area contributed by atoms with E-state index < -0.39 is 10.0 Å². The molecule has 27 heavy (non-hydrogen) atoms. The first kappa shape index (κ1) is 18.9. The van der Waals surface area contributed by atoms with E-state index >= 15 is 0 Å². The number of carbonyl (C=O) groups is 1. The summed E-state index contributed by atoms with van der Waals surface area (Å²) in [4.78, 5) is 15.1. The number of nitrogens with zero attached hydrogens (tertiary/aromatic N) is 5. The predicted octanol–water partition coefficient (Wildman–Crippen LogP) is 0.973. The molecule has 4 rings (SSSR count). The second-order valence-corrected chi connectivity index (χ2v) is 11.0. The molecule has 2 saturated heterocycles. The van der Waals surface area contributed by atoms with Gasteiger partial charge >= 0.3 is 0 Å². The van der Waals surface area contributed by atoms with Crippen molar-refractivity contribution in [2.24, 2.45) is 17.9 Å². The molecular formula is C18H29N5O3S. The zero-order valence-electron chi connectivity index (χ0n) is 16.4. The van der Waals surface area contributed by atoms with Crippen molar-refractivity contribution >= 4 is 15.9 Å². The first-order valence-corrected chi connectivity index (χ1v) is 11.6. The van der Waals surface area contributed by atoms with Crippen molar-refractivity contribution < 1.29 is 13.2 Å². The highest BCUT2D eigenvalue weighted by Gasteiger charge is 2.59. The van der Waals surface area contributed by atoms with Gasteiger partial charge in [0.2, 0.25) is 15.9 Å². The maximum atomic E-state index is 13.1. The highest BCUT2D eigenvalue weighted by atomic mass is 32.2. The van der Waals surface area contributed by atoms with Crippen LogP contribution >= 0.6 is 0 Å². The summed E-state index contributed by atoms with van der Waals surface area (Å²) in [6.45, 7) is 4.15. The molecular weight excluding hydrogens is 366 g/mol. The third kappa shape index (κ3) is 3.08. The van der Waals surface area contributed by atoms with Gasteiger partial charge in [-0.25, -0.2) is 12.7 Å². The summed E-state index contributed by atoms with van der Waals surface area (Å²) in [5.74, 6) is 1.00. The van der Waals surface area contributed by atoms with Crippen LogP contribution in [0.5, 0.6) is 0 Å². The second-order valence-electron chi connectivity index (χ2n) is 9.05. The van der Waals surface area contributed by atoms with Crippen LogP contribution in [-0.2, 0) is 21.9 Å². The lowest BCUT2D eigenvalue weighted by atomic mass is 9.68. The molecule has 8 nitrogen and oxygen atoms in total. The Morgan fingerprint density at radius 3 is 2.41 bits per heavy atom. The molecule has 3 heterocycles. The number of carbonyl (C=O) groups excluding carboxylic acids is 1. The van der Waals surface area contributed by atoms with Gasteiger partial charge in [-0.15, -0.1) is 10.2 Å². The molecule has 3 fully saturated rings. The zero-order chi connectivity index (χ0) is 19.4. The van der Waals surface area contributed by atoms with Gasteiger partial charge in [0, 0.05) is 50.0 Å². The number of likely N-dealkylation sites (tertiary alicyclic amines) is 1. The molecule has 150 valence electrons. The Bertz CT molecular complexity index is 837.